The van der Waals surface area contributed by atoms with Crippen molar-refractivity contribution < 1.29 is 18.3 Å². The molecule has 1 aliphatic carbocycles. The molecule has 0 atom stereocenters. The Hall–Kier alpha value is -2.52. The van der Waals surface area contributed by atoms with Crippen LogP contribution >= 0.6 is 11.6 Å². The molecule has 0 radical (unpaired) electrons. The average Bonchev–Trinajstić information content (AvgIpc) is 3.47. The Morgan fingerprint density at radius 2 is 1.84 bits per heavy atom. The molecule has 0 saturated heterocycles. The monoisotopic (exact) mass is 469 g/mol. The number of carboxylic acids is 1. The van der Waals surface area contributed by atoms with Gasteiger partial charge in [-0.25, -0.2) is 8.42 Å². The van der Waals surface area contributed by atoms with E-state index in [1.54, 1.807) is 19.1 Å². The van der Waals surface area contributed by atoms with Crippen molar-refractivity contribution in [2.45, 2.75) is 51.7 Å². The van der Waals surface area contributed by atoms with E-state index >= 15 is 0 Å². The van der Waals surface area contributed by atoms with Crippen LogP contribution in [0.5, 0.6) is 0 Å². The highest BCUT2D eigenvalue weighted by atomic mass is 35.5. The van der Waals surface area contributed by atoms with Gasteiger partial charge in [0.15, 0.2) is 0 Å². The molecule has 1 saturated carbocycles. The third-order valence-electron chi connectivity index (χ3n) is 5.09. The number of hydrogen-bond acceptors (Lipinski definition) is 5. The van der Waals surface area contributed by atoms with E-state index in [0.29, 0.717) is 16.3 Å². The van der Waals surface area contributed by atoms with Crippen LogP contribution in [0.4, 0.5) is 17.1 Å². The Bertz CT molecular complexity index is 1150. The van der Waals surface area contributed by atoms with E-state index in [1.807, 2.05) is 26.8 Å². The molecule has 3 rings (SSSR count). The van der Waals surface area contributed by atoms with Gasteiger partial charge in [-0.2, -0.15) is 0 Å². The van der Waals surface area contributed by atoms with Crippen LogP contribution in [0.1, 0.15) is 44.2 Å². The number of benzene rings is 1. The van der Waals surface area contributed by atoms with E-state index in [0.717, 1.165) is 5.56 Å². The number of aryl methyl sites for hydroxylation is 2. The fourth-order valence-electron chi connectivity index (χ4n) is 3.19. The smallest absolute Gasteiger partial charge is 0.305 e. The van der Waals surface area contributed by atoms with Gasteiger partial charge in [0.2, 0.25) is 10.0 Å². The molecule has 1 fully saturated rings. The van der Waals surface area contributed by atoms with E-state index in [1.165, 1.54) is 17.8 Å². The molecule has 8 nitrogen and oxygen atoms in total. The Kier molecular flexibility index (Phi) is 7.44. The van der Waals surface area contributed by atoms with Gasteiger partial charge in [0, 0.05) is 18.8 Å². The quantitative estimate of drug-likeness (QED) is 0.560. The minimum atomic E-state index is -3.99. The van der Waals surface area contributed by atoms with E-state index in [9.17, 15) is 18.0 Å². The van der Waals surface area contributed by atoms with Gasteiger partial charge in [-0.15, -0.1) is 0 Å². The van der Waals surface area contributed by atoms with Crippen LogP contribution in [0.2, 0.25) is 5.02 Å². The summed E-state index contributed by atoms with van der Waals surface area (Å²) in [6.45, 7) is 7.46. The first kappa shape index (κ1) is 24.7. The lowest BCUT2D eigenvalue weighted by Crippen LogP contribution is -2.33. The zero-order chi connectivity index (χ0) is 23.6. The molecule has 10 heteroatoms. The third kappa shape index (κ3) is 5.22. The Morgan fingerprint density at radius 3 is 2.35 bits per heavy atom. The SMILES string of the molecule is CC.Cc1ccc(Nc2c(NS(=O)(=O)C3(CC(=O)O)CC3)cn(C)c(=O)c2C)c(Cl)c1. The number of halogens is 1. The molecule has 3 N–H and O–H groups in total. The van der Waals surface area contributed by atoms with Gasteiger partial charge in [-0.05, 0) is 44.4 Å². The number of aliphatic carboxylic acids is 1. The summed E-state index contributed by atoms with van der Waals surface area (Å²) in [7, 11) is -2.48. The van der Waals surface area contributed by atoms with E-state index < -0.39 is 27.2 Å². The van der Waals surface area contributed by atoms with Gasteiger partial charge in [-0.3, -0.25) is 14.3 Å². The zero-order valence-corrected chi connectivity index (χ0v) is 19.8. The van der Waals surface area contributed by atoms with Crippen LogP contribution in [-0.2, 0) is 21.9 Å². The molecule has 1 heterocycles. The number of carbonyl (C=O) groups is 1. The molecular formula is C21H28ClN3O5S. The summed E-state index contributed by atoms with van der Waals surface area (Å²) in [5.74, 6) is -1.17. The van der Waals surface area contributed by atoms with Crippen molar-refractivity contribution in [3.63, 3.8) is 0 Å². The molecule has 0 aliphatic heterocycles. The maximum absolute atomic E-state index is 12.9. The number of anilines is 3. The van der Waals surface area contributed by atoms with Gasteiger partial charge < -0.3 is 15.0 Å². The van der Waals surface area contributed by atoms with Crippen molar-refractivity contribution >= 4 is 44.7 Å². The summed E-state index contributed by atoms with van der Waals surface area (Å²) in [6.07, 6.45) is 1.44. The summed E-state index contributed by atoms with van der Waals surface area (Å²) >= 11 is 6.28. The van der Waals surface area contributed by atoms with Crippen molar-refractivity contribution in [3.8, 4) is 0 Å². The first-order valence-corrected chi connectivity index (χ1v) is 11.8. The molecule has 31 heavy (non-hydrogen) atoms. The second-order valence-corrected chi connectivity index (χ2v) is 9.91. The Labute approximate surface area is 187 Å². The number of hydrogen-bond donors (Lipinski definition) is 3. The first-order valence-electron chi connectivity index (χ1n) is 9.93. The van der Waals surface area contributed by atoms with Crippen LogP contribution in [-0.4, -0.2) is 28.8 Å². The lowest BCUT2D eigenvalue weighted by atomic mass is 10.2. The van der Waals surface area contributed by atoms with Gasteiger partial charge in [0.25, 0.3) is 5.56 Å². The Balaban J connectivity index is 0.00000166. The molecule has 0 bridgehead atoms. The maximum atomic E-state index is 12.9. The number of rotatable bonds is 7. The minimum Gasteiger partial charge on any atom is -0.481 e. The van der Waals surface area contributed by atoms with Crippen molar-refractivity contribution in [1.29, 1.82) is 0 Å². The van der Waals surface area contributed by atoms with Crippen LogP contribution in [0, 0.1) is 13.8 Å². The molecule has 170 valence electrons. The number of carboxylic acid groups (broad SMARTS) is 1. The van der Waals surface area contributed by atoms with Crippen molar-refractivity contribution in [2.24, 2.45) is 7.05 Å². The third-order valence-corrected chi connectivity index (χ3v) is 7.58. The zero-order valence-electron chi connectivity index (χ0n) is 18.2. The number of pyridine rings is 1. The van der Waals surface area contributed by atoms with Crippen molar-refractivity contribution in [2.75, 3.05) is 10.0 Å². The normalized spacial score (nSPS) is 14.3. The van der Waals surface area contributed by atoms with Crippen molar-refractivity contribution in [1.82, 2.24) is 4.57 Å². The largest absolute Gasteiger partial charge is 0.481 e. The number of aromatic nitrogens is 1. The summed E-state index contributed by atoms with van der Waals surface area (Å²) in [6, 6.07) is 5.32. The average molecular weight is 470 g/mol. The number of nitrogens with zero attached hydrogens (tertiary/aromatic N) is 1. The molecule has 0 amide bonds. The highest BCUT2D eigenvalue weighted by Crippen LogP contribution is 2.47. The van der Waals surface area contributed by atoms with E-state index in [-0.39, 0.29) is 29.8 Å². The standard InChI is InChI=1S/C19H22ClN3O5S.C2H6/c1-11-4-5-14(13(20)8-11)21-17-12(2)18(26)23(3)10-15(17)22-29(27,28)19(6-7-19)9-16(24)25;1-2/h4-5,8,10,21-22H,6-7,9H2,1-3H3,(H,24,25);1-2H3. The molecule has 0 spiro atoms. The lowest BCUT2D eigenvalue weighted by Gasteiger charge is -2.21. The summed E-state index contributed by atoms with van der Waals surface area (Å²) in [5, 5.41) is 12.6. The van der Waals surface area contributed by atoms with Crippen LogP contribution < -0.4 is 15.6 Å². The summed E-state index contributed by atoms with van der Waals surface area (Å²) < 4.78 is 28.3. The number of sulfonamides is 1. The fraction of sp³-hybridized carbons (Fsp3) is 0.429. The van der Waals surface area contributed by atoms with Crippen LogP contribution in [0.15, 0.2) is 29.2 Å². The predicted molar refractivity (Wildman–Crippen MR) is 124 cm³/mol. The molecule has 1 aliphatic rings. The van der Waals surface area contributed by atoms with E-state index in [4.69, 9.17) is 16.7 Å². The van der Waals surface area contributed by atoms with Crippen LogP contribution in [0.25, 0.3) is 0 Å². The highest BCUT2D eigenvalue weighted by Gasteiger charge is 2.56. The molecule has 1 aromatic carbocycles. The minimum absolute atomic E-state index is 0.151. The van der Waals surface area contributed by atoms with E-state index in [2.05, 4.69) is 10.0 Å². The highest BCUT2D eigenvalue weighted by molar-refractivity contribution is 7.94. The van der Waals surface area contributed by atoms with Gasteiger partial charge in [-0.1, -0.05) is 31.5 Å². The Morgan fingerprint density at radius 1 is 1.23 bits per heavy atom. The summed E-state index contributed by atoms with van der Waals surface area (Å²) in [5.41, 5.74) is 1.89. The maximum Gasteiger partial charge on any atom is 0.305 e. The topological polar surface area (TPSA) is 118 Å². The fourth-order valence-corrected chi connectivity index (χ4v) is 5.09. The number of nitrogens with one attached hydrogen (secondary N) is 2. The second kappa shape index (κ2) is 9.32. The molecule has 1 aromatic heterocycles. The second-order valence-electron chi connectivity index (χ2n) is 7.43. The molecular weight excluding hydrogens is 442 g/mol. The predicted octanol–water partition coefficient (Wildman–Crippen LogP) is 4.17. The first-order chi connectivity index (χ1) is 14.5. The molecule has 2 aromatic rings. The molecule has 0 unspecified atom stereocenters. The van der Waals surface area contributed by atoms with Gasteiger partial charge in [0.05, 0.1) is 28.5 Å². The lowest BCUT2D eigenvalue weighted by molar-refractivity contribution is -0.137. The van der Waals surface area contributed by atoms with Crippen LogP contribution in [0.3, 0.4) is 0 Å². The summed E-state index contributed by atoms with van der Waals surface area (Å²) in [4.78, 5) is 23.5. The van der Waals surface area contributed by atoms with Gasteiger partial charge in [0.1, 0.15) is 4.75 Å². The van der Waals surface area contributed by atoms with Gasteiger partial charge >= 0.3 is 5.97 Å². The van der Waals surface area contributed by atoms with Crippen molar-refractivity contribution in [3.05, 3.63) is 50.9 Å².